The molecule has 1 fully saturated rings. The number of carbonyl (C=O) groups excluding carboxylic acids is 1. The smallest absolute Gasteiger partial charge is 0.251 e. The molecular weight excluding hydrogens is 412 g/mol. The molecule has 3 aromatic rings. The molecule has 1 amide bonds. The van der Waals surface area contributed by atoms with E-state index < -0.39 is 10.0 Å². The van der Waals surface area contributed by atoms with Crippen molar-refractivity contribution in [2.45, 2.75) is 50.2 Å². The lowest BCUT2D eigenvalue weighted by molar-refractivity contribution is 0.0951. The number of carbonyl (C=O) groups is 1. The second kappa shape index (κ2) is 9.08. The van der Waals surface area contributed by atoms with E-state index in [1.54, 1.807) is 48.5 Å². The SMILES string of the molecule is CCc1ccc(S(=O)(=O)N(Cc2ccc(C(=O)NC3CC3)cc2)Cc2ccco2)cc1. The summed E-state index contributed by atoms with van der Waals surface area (Å²) < 4.78 is 33.6. The first kappa shape index (κ1) is 21.3. The second-order valence-corrected chi connectivity index (χ2v) is 9.73. The predicted molar refractivity (Wildman–Crippen MR) is 118 cm³/mol. The number of nitrogens with one attached hydrogen (secondary N) is 1. The average molecular weight is 439 g/mol. The molecule has 1 heterocycles. The summed E-state index contributed by atoms with van der Waals surface area (Å²) in [6, 6.07) is 17.8. The van der Waals surface area contributed by atoms with Gasteiger partial charge in [-0.3, -0.25) is 4.79 Å². The van der Waals surface area contributed by atoms with Crippen molar-refractivity contribution in [1.29, 1.82) is 0 Å². The van der Waals surface area contributed by atoms with Gasteiger partial charge in [0.2, 0.25) is 10.0 Å². The molecule has 1 aromatic heterocycles. The Morgan fingerprint density at radius 1 is 1.00 bits per heavy atom. The maximum absolute atomic E-state index is 13.4. The summed E-state index contributed by atoms with van der Waals surface area (Å²) in [7, 11) is -3.74. The van der Waals surface area contributed by atoms with E-state index in [9.17, 15) is 13.2 Å². The predicted octanol–water partition coefficient (Wildman–Crippen LogP) is 4.13. The van der Waals surface area contributed by atoms with Crippen LogP contribution in [-0.2, 0) is 29.5 Å². The van der Waals surface area contributed by atoms with Crippen LogP contribution in [-0.4, -0.2) is 24.7 Å². The maximum Gasteiger partial charge on any atom is 0.251 e. The summed E-state index contributed by atoms with van der Waals surface area (Å²) in [6.07, 6.45) is 4.44. The van der Waals surface area contributed by atoms with Crippen LogP contribution in [0.2, 0.25) is 0 Å². The molecule has 7 heteroatoms. The van der Waals surface area contributed by atoms with Gasteiger partial charge in [-0.2, -0.15) is 4.31 Å². The van der Waals surface area contributed by atoms with Crippen LogP contribution in [0.5, 0.6) is 0 Å². The fourth-order valence-corrected chi connectivity index (χ4v) is 4.70. The maximum atomic E-state index is 13.4. The van der Waals surface area contributed by atoms with Crippen LogP contribution in [0.3, 0.4) is 0 Å². The number of aryl methyl sites for hydroxylation is 1. The third-order valence-electron chi connectivity index (χ3n) is 5.37. The van der Waals surface area contributed by atoms with E-state index in [1.807, 2.05) is 19.1 Å². The van der Waals surface area contributed by atoms with Crippen LogP contribution in [0.1, 0.15) is 47.0 Å². The zero-order valence-electron chi connectivity index (χ0n) is 17.5. The van der Waals surface area contributed by atoms with E-state index in [0.717, 1.165) is 30.4 Å². The van der Waals surface area contributed by atoms with Gasteiger partial charge in [-0.05, 0) is 66.8 Å². The number of furan rings is 1. The standard InChI is InChI=1S/C24H26N2O4S/c1-2-18-7-13-23(14-8-18)31(28,29)26(17-22-4-3-15-30-22)16-19-5-9-20(10-6-19)24(27)25-21-11-12-21/h3-10,13-15,21H,2,11-12,16-17H2,1H3,(H,25,27). The Labute approximate surface area is 182 Å². The Morgan fingerprint density at radius 3 is 2.26 bits per heavy atom. The van der Waals surface area contributed by atoms with E-state index >= 15 is 0 Å². The summed E-state index contributed by atoms with van der Waals surface area (Å²) in [5.41, 5.74) is 2.45. The summed E-state index contributed by atoms with van der Waals surface area (Å²) >= 11 is 0. The second-order valence-electron chi connectivity index (χ2n) is 7.79. The summed E-state index contributed by atoms with van der Waals surface area (Å²) in [5.74, 6) is 0.472. The molecule has 2 aromatic carbocycles. The minimum atomic E-state index is -3.74. The van der Waals surface area contributed by atoms with Crippen molar-refractivity contribution in [3.05, 3.63) is 89.4 Å². The highest BCUT2D eigenvalue weighted by Crippen LogP contribution is 2.23. The van der Waals surface area contributed by atoms with E-state index in [-0.39, 0.29) is 23.9 Å². The molecule has 31 heavy (non-hydrogen) atoms. The molecule has 0 bridgehead atoms. The van der Waals surface area contributed by atoms with Gasteiger partial charge >= 0.3 is 0 Å². The Hall–Kier alpha value is -2.90. The van der Waals surface area contributed by atoms with Crippen molar-refractivity contribution in [2.75, 3.05) is 0 Å². The van der Waals surface area contributed by atoms with Crippen molar-refractivity contribution >= 4 is 15.9 Å². The Morgan fingerprint density at radius 2 is 1.68 bits per heavy atom. The van der Waals surface area contributed by atoms with E-state index in [0.29, 0.717) is 17.4 Å². The van der Waals surface area contributed by atoms with Gasteiger partial charge in [-0.25, -0.2) is 8.42 Å². The molecule has 162 valence electrons. The minimum Gasteiger partial charge on any atom is -0.468 e. The largest absolute Gasteiger partial charge is 0.468 e. The normalized spacial score (nSPS) is 14.0. The van der Waals surface area contributed by atoms with Crippen molar-refractivity contribution in [2.24, 2.45) is 0 Å². The van der Waals surface area contributed by atoms with Crippen molar-refractivity contribution in [3.63, 3.8) is 0 Å². The third kappa shape index (κ3) is 5.24. The van der Waals surface area contributed by atoms with Gasteiger partial charge in [-0.1, -0.05) is 31.2 Å². The van der Waals surface area contributed by atoms with Crippen LogP contribution in [0, 0.1) is 0 Å². The van der Waals surface area contributed by atoms with Crippen LogP contribution >= 0.6 is 0 Å². The first-order valence-electron chi connectivity index (χ1n) is 10.5. The fraction of sp³-hybridized carbons (Fsp3) is 0.292. The monoisotopic (exact) mass is 438 g/mol. The van der Waals surface area contributed by atoms with Crippen LogP contribution in [0.4, 0.5) is 0 Å². The topological polar surface area (TPSA) is 79.6 Å². The quantitative estimate of drug-likeness (QED) is 0.545. The highest BCUT2D eigenvalue weighted by Gasteiger charge is 2.26. The highest BCUT2D eigenvalue weighted by atomic mass is 32.2. The van der Waals surface area contributed by atoms with Crippen molar-refractivity contribution < 1.29 is 17.6 Å². The third-order valence-corrected chi connectivity index (χ3v) is 7.18. The molecule has 1 saturated carbocycles. The van der Waals surface area contributed by atoms with Crippen LogP contribution in [0.25, 0.3) is 0 Å². The number of hydrogen-bond donors (Lipinski definition) is 1. The molecule has 4 rings (SSSR count). The molecule has 0 saturated heterocycles. The molecule has 0 radical (unpaired) electrons. The van der Waals surface area contributed by atoms with Gasteiger partial charge in [0.15, 0.2) is 0 Å². The zero-order chi connectivity index (χ0) is 21.8. The Bertz CT molecular complexity index is 1120. The molecule has 6 nitrogen and oxygen atoms in total. The number of benzene rings is 2. The zero-order valence-corrected chi connectivity index (χ0v) is 18.3. The van der Waals surface area contributed by atoms with Gasteiger partial charge in [0, 0.05) is 18.2 Å². The molecule has 1 N–H and O–H groups in total. The molecule has 1 aliphatic rings. The molecule has 0 atom stereocenters. The van der Waals surface area contributed by atoms with Gasteiger partial charge < -0.3 is 9.73 Å². The molecule has 0 aliphatic heterocycles. The van der Waals surface area contributed by atoms with Crippen LogP contribution < -0.4 is 5.32 Å². The van der Waals surface area contributed by atoms with Gasteiger partial charge in [0.25, 0.3) is 5.91 Å². The lowest BCUT2D eigenvalue weighted by Crippen LogP contribution is -2.30. The summed E-state index contributed by atoms with van der Waals surface area (Å²) in [6.45, 7) is 2.32. The van der Waals surface area contributed by atoms with Crippen LogP contribution in [0.15, 0.2) is 76.2 Å². The number of rotatable bonds is 9. The van der Waals surface area contributed by atoms with Crippen molar-refractivity contribution in [3.8, 4) is 0 Å². The fourth-order valence-electron chi connectivity index (χ4n) is 3.31. The molecular formula is C24H26N2O4S. The van der Waals surface area contributed by atoms with Gasteiger partial charge in [-0.15, -0.1) is 0 Å². The van der Waals surface area contributed by atoms with Gasteiger partial charge in [0.05, 0.1) is 17.7 Å². The lowest BCUT2D eigenvalue weighted by Gasteiger charge is -2.22. The first-order valence-corrected chi connectivity index (χ1v) is 11.9. The number of nitrogens with zero attached hydrogens (tertiary/aromatic N) is 1. The van der Waals surface area contributed by atoms with E-state index in [2.05, 4.69) is 5.32 Å². The summed E-state index contributed by atoms with van der Waals surface area (Å²) in [4.78, 5) is 12.5. The Kier molecular flexibility index (Phi) is 6.25. The van der Waals surface area contributed by atoms with Gasteiger partial charge in [0.1, 0.15) is 5.76 Å². The number of amides is 1. The van der Waals surface area contributed by atoms with E-state index in [1.165, 1.54) is 10.6 Å². The van der Waals surface area contributed by atoms with E-state index in [4.69, 9.17) is 4.42 Å². The lowest BCUT2D eigenvalue weighted by atomic mass is 10.1. The first-order chi connectivity index (χ1) is 15.0. The molecule has 0 spiro atoms. The number of sulfonamides is 1. The highest BCUT2D eigenvalue weighted by molar-refractivity contribution is 7.89. The molecule has 1 aliphatic carbocycles. The average Bonchev–Trinajstić information content (AvgIpc) is 3.45. The Balaban J connectivity index is 1.56. The number of hydrogen-bond acceptors (Lipinski definition) is 4. The van der Waals surface area contributed by atoms with Crippen molar-refractivity contribution in [1.82, 2.24) is 9.62 Å². The minimum absolute atomic E-state index is 0.0925. The summed E-state index contributed by atoms with van der Waals surface area (Å²) in [5, 5.41) is 2.96. The molecule has 0 unspecified atom stereocenters.